The van der Waals surface area contributed by atoms with Gasteiger partial charge < -0.3 is 10.2 Å². The lowest BCUT2D eigenvalue weighted by Gasteiger charge is -2.26. The van der Waals surface area contributed by atoms with Gasteiger partial charge in [0.1, 0.15) is 17.5 Å². The van der Waals surface area contributed by atoms with E-state index in [0.717, 1.165) is 24.8 Å². The molecule has 0 radical (unpaired) electrons. The first-order chi connectivity index (χ1) is 14.6. The highest BCUT2D eigenvalue weighted by molar-refractivity contribution is 6.20. The molecule has 2 heterocycles. The number of carbonyl (C=O) groups excluding carboxylic acids is 2. The van der Waals surface area contributed by atoms with Crippen LogP contribution in [0.2, 0.25) is 0 Å². The molecule has 4 rings (SSSR count). The zero-order valence-electron chi connectivity index (χ0n) is 16.8. The number of nitrogens with one attached hydrogen (secondary N) is 1. The molecule has 1 saturated heterocycles. The highest BCUT2D eigenvalue weighted by Gasteiger charge is 2.30. The van der Waals surface area contributed by atoms with Crippen molar-refractivity contribution in [2.24, 2.45) is 4.99 Å². The monoisotopic (exact) mass is 398 g/mol. The van der Waals surface area contributed by atoms with E-state index in [1.807, 2.05) is 49.4 Å². The zero-order chi connectivity index (χ0) is 21.1. The van der Waals surface area contributed by atoms with Crippen molar-refractivity contribution in [3.63, 3.8) is 0 Å². The summed E-state index contributed by atoms with van der Waals surface area (Å²) in [4.78, 5) is 32.1. The molecule has 0 aliphatic carbocycles. The van der Waals surface area contributed by atoms with E-state index >= 15 is 0 Å². The number of piperidine rings is 1. The molecule has 6 nitrogen and oxygen atoms in total. The Morgan fingerprint density at radius 3 is 2.37 bits per heavy atom. The molecule has 0 spiro atoms. The third-order valence-electron chi connectivity index (χ3n) is 5.49. The van der Waals surface area contributed by atoms with Gasteiger partial charge in [0, 0.05) is 29.8 Å². The standard InChI is InChI=1S/C24H22N4O2/c1-16-9-3-4-10-17(16)23(29)27-22-19-12-6-5-11-18(19)21(26-22)20(15-25)24(30)28-13-7-2-8-14-28/h3-6,9-12H,2,7-8,13-14H2,1H3,(H,26,27,29)/b21-20-. The quantitative estimate of drug-likeness (QED) is 0.621. The molecule has 1 N–H and O–H groups in total. The van der Waals surface area contributed by atoms with Crippen LogP contribution >= 0.6 is 0 Å². The molecule has 6 heteroatoms. The van der Waals surface area contributed by atoms with Crippen LogP contribution in [0, 0.1) is 18.3 Å². The molecule has 2 aliphatic heterocycles. The summed E-state index contributed by atoms with van der Waals surface area (Å²) < 4.78 is 0. The molecule has 1 fully saturated rings. The van der Waals surface area contributed by atoms with E-state index in [1.54, 1.807) is 11.0 Å². The van der Waals surface area contributed by atoms with Crippen LogP contribution in [0.4, 0.5) is 0 Å². The van der Waals surface area contributed by atoms with Crippen LogP contribution < -0.4 is 5.32 Å². The Balaban J connectivity index is 1.72. The van der Waals surface area contributed by atoms with Crippen molar-refractivity contribution >= 4 is 23.3 Å². The summed E-state index contributed by atoms with van der Waals surface area (Å²) in [6, 6.07) is 16.7. The number of amides is 2. The Bertz CT molecular complexity index is 1120. The number of aliphatic imine (C=N–C) groups is 1. The minimum absolute atomic E-state index is 0.0180. The van der Waals surface area contributed by atoms with Crippen molar-refractivity contribution in [1.82, 2.24) is 10.2 Å². The Kier molecular flexibility index (Phi) is 5.44. The zero-order valence-corrected chi connectivity index (χ0v) is 16.8. The number of likely N-dealkylation sites (tertiary alicyclic amines) is 1. The maximum absolute atomic E-state index is 13.0. The number of hydrogen-bond donors (Lipinski definition) is 1. The normalized spacial score (nSPS) is 16.9. The number of fused-ring (bicyclic) bond motifs is 1. The third-order valence-corrected chi connectivity index (χ3v) is 5.49. The number of amidine groups is 1. The molecule has 2 aromatic rings. The first-order valence-corrected chi connectivity index (χ1v) is 10.1. The minimum atomic E-state index is -0.294. The maximum Gasteiger partial charge on any atom is 0.266 e. The van der Waals surface area contributed by atoms with Crippen molar-refractivity contribution in [2.45, 2.75) is 26.2 Å². The first kappa shape index (κ1) is 19.6. The molecular weight excluding hydrogens is 376 g/mol. The number of nitrogens with zero attached hydrogens (tertiary/aromatic N) is 3. The van der Waals surface area contributed by atoms with Gasteiger partial charge in [0.25, 0.3) is 11.8 Å². The number of rotatable bonds is 2. The molecule has 0 unspecified atom stereocenters. The smallest absolute Gasteiger partial charge is 0.266 e. The van der Waals surface area contributed by atoms with Crippen LogP contribution in [-0.4, -0.2) is 35.6 Å². The lowest BCUT2D eigenvalue weighted by Crippen LogP contribution is -2.36. The number of nitriles is 1. The van der Waals surface area contributed by atoms with Gasteiger partial charge in [0.05, 0.1) is 5.70 Å². The maximum atomic E-state index is 13.0. The number of aryl methyl sites for hydroxylation is 1. The lowest BCUT2D eigenvalue weighted by atomic mass is 10.0. The topological polar surface area (TPSA) is 85.6 Å². The highest BCUT2D eigenvalue weighted by Crippen LogP contribution is 2.31. The SMILES string of the molecule is Cc1ccccc1C(=O)NC1=N/C(=C(/C#N)C(=O)N2CCCCC2)c2ccccc21. The van der Waals surface area contributed by atoms with Crippen molar-refractivity contribution < 1.29 is 9.59 Å². The van der Waals surface area contributed by atoms with Crippen LogP contribution in [-0.2, 0) is 4.79 Å². The predicted octanol–water partition coefficient (Wildman–Crippen LogP) is 3.43. The summed E-state index contributed by atoms with van der Waals surface area (Å²) in [5.41, 5.74) is 3.14. The van der Waals surface area contributed by atoms with Crippen LogP contribution in [0.25, 0.3) is 5.70 Å². The Labute approximate surface area is 175 Å². The fourth-order valence-corrected chi connectivity index (χ4v) is 3.87. The summed E-state index contributed by atoms with van der Waals surface area (Å²) in [5, 5.41) is 12.6. The third kappa shape index (κ3) is 3.62. The molecule has 0 saturated carbocycles. The lowest BCUT2D eigenvalue weighted by molar-refractivity contribution is -0.127. The summed E-state index contributed by atoms with van der Waals surface area (Å²) in [6.07, 6.45) is 2.98. The van der Waals surface area contributed by atoms with Gasteiger partial charge in [-0.15, -0.1) is 0 Å². The van der Waals surface area contributed by atoms with E-state index in [0.29, 0.717) is 41.3 Å². The Morgan fingerprint density at radius 2 is 1.67 bits per heavy atom. The van der Waals surface area contributed by atoms with Gasteiger partial charge in [-0.05, 0) is 37.8 Å². The van der Waals surface area contributed by atoms with E-state index in [2.05, 4.69) is 16.4 Å². The van der Waals surface area contributed by atoms with E-state index < -0.39 is 0 Å². The van der Waals surface area contributed by atoms with Crippen molar-refractivity contribution in [2.75, 3.05) is 13.1 Å². The molecule has 30 heavy (non-hydrogen) atoms. The van der Waals surface area contributed by atoms with Crippen LogP contribution in [0.5, 0.6) is 0 Å². The molecule has 0 bridgehead atoms. The molecule has 2 aromatic carbocycles. The van der Waals surface area contributed by atoms with Crippen LogP contribution in [0.1, 0.15) is 46.3 Å². The number of benzene rings is 2. The van der Waals surface area contributed by atoms with Gasteiger partial charge in [-0.3, -0.25) is 9.59 Å². The second-order valence-electron chi connectivity index (χ2n) is 7.46. The molecule has 2 amide bonds. The fourth-order valence-electron chi connectivity index (χ4n) is 3.87. The number of hydrogen-bond acceptors (Lipinski definition) is 4. The summed E-state index contributed by atoms with van der Waals surface area (Å²) >= 11 is 0. The summed E-state index contributed by atoms with van der Waals surface area (Å²) in [7, 11) is 0. The molecule has 0 atom stereocenters. The molecule has 0 aromatic heterocycles. The largest absolute Gasteiger partial charge is 0.338 e. The van der Waals surface area contributed by atoms with Gasteiger partial charge >= 0.3 is 0 Å². The predicted molar refractivity (Wildman–Crippen MR) is 115 cm³/mol. The summed E-state index contributed by atoms with van der Waals surface area (Å²) in [5.74, 6) is -0.214. The number of carbonyl (C=O) groups is 2. The molecular formula is C24H22N4O2. The highest BCUT2D eigenvalue weighted by atomic mass is 16.2. The van der Waals surface area contributed by atoms with Gasteiger partial charge in [-0.1, -0.05) is 42.5 Å². The van der Waals surface area contributed by atoms with Crippen molar-refractivity contribution in [3.05, 3.63) is 76.4 Å². The van der Waals surface area contributed by atoms with E-state index in [4.69, 9.17) is 0 Å². The Hall–Kier alpha value is -3.72. The average molecular weight is 398 g/mol. The van der Waals surface area contributed by atoms with Crippen molar-refractivity contribution in [3.8, 4) is 6.07 Å². The molecule has 150 valence electrons. The van der Waals surface area contributed by atoms with Gasteiger partial charge in [-0.2, -0.15) is 5.26 Å². The second-order valence-corrected chi connectivity index (χ2v) is 7.46. The average Bonchev–Trinajstić information content (AvgIpc) is 3.13. The van der Waals surface area contributed by atoms with Crippen LogP contribution in [0.3, 0.4) is 0 Å². The van der Waals surface area contributed by atoms with E-state index in [1.165, 1.54) is 0 Å². The second kappa shape index (κ2) is 8.34. The minimum Gasteiger partial charge on any atom is -0.338 e. The van der Waals surface area contributed by atoms with E-state index in [-0.39, 0.29) is 17.4 Å². The first-order valence-electron chi connectivity index (χ1n) is 10.1. The fraction of sp³-hybridized carbons (Fsp3) is 0.250. The van der Waals surface area contributed by atoms with Gasteiger partial charge in [0.15, 0.2) is 0 Å². The van der Waals surface area contributed by atoms with Gasteiger partial charge in [-0.25, -0.2) is 4.99 Å². The van der Waals surface area contributed by atoms with E-state index in [9.17, 15) is 14.9 Å². The molecule has 2 aliphatic rings. The van der Waals surface area contributed by atoms with Crippen LogP contribution in [0.15, 0.2) is 59.1 Å². The van der Waals surface area contributed by atoms with Crippen molar-refractivity contribution in [1.29, 1.82) is 5.26 Å². The Morgan fingerprint density at radius 1 is 1.00 bits per heavy atom. The summed E-state index contributed by atoms with van der Waals surface area (Å²) in [6.45, 7) is 3.18. The van der Waals surface area contributed by atoms with Gasteiger partial charge in [0.2, 0.25) is 0 Å².